The van der Waals surface area contributed by atoms with E-state index in [1.807, 2.05) is 18.2 Å². The van der Waals surface area contributed by atoms with Crippen LogP contribution in [0.25, 0.3) is 5.57 Å². The second kappa shape index (κ2) is 7.28. The summed E-state index contributed by atoms with van der Waals surface area (Å²) in [5.74, 6) is -3.29. The van der Waals surface area contributed by atoms with Gasteiger partial charge in [-0.25, -0.2) is 0 Å². The number of benzene rings is 2. The Hall–Kier alpha value is -1.45. The molecule has 31 heavy (non-hydrogen) atoms. The number of hydrogen-bond acceptors (Lipinski definition) is 0. The average Bonchev–Trinajstić information content (AvgIpc) is 3.19. The molecule has 0 spiro atoms. The van der Waals surface area contributed by atoms with Gasteiger partial charge in [-0.15, -0.1) is 0 Å². The molecule has 0 nitrogen and oxygen atoms in total. The first kappa shape index (κ1) is 22.7. The molecule has 162 valence electrons. The van der Waals surface area contributed by atoms with Gasteiger partial charge < -0.3 is 0 Å². The van der Waals surface area contributed by atoms with Crippen molar-refractivity contribution in [2.45, 2.75) is 40.6 Å². The predicted molar refractivity (Wildman–Crippen MR) is 123 cm³/mol. The molecule has 2 aliphatic carbocycles. The van der Waals surface area contributed by atoms with Gasteiger partial charge in [-0.05, 0) is 0 Å². The van der Waals surface area contributed by atoms with E-state index in [0.29, 0.717) is 11.5 Å². The van der Waals surface area contributed by atoms with Crippen LogP contribution in [-0.2, 0) is 17.4 Å². The zero-order valence-electron chi connectivity index (χ0n) is 19.0. The van der Waals surface area contributed by atoms with Gasteiger partial charge in [-0.3, -0.25) is 0 Å². The van der Waals surface area contributed by atoms with E-state index in [2.05, 4.69) is 56.0 Å². The summed E-state index contributed by atoms with van der Waals surface area (Å²) in [6.45, 7) is 11.2. The fourth-order valence-electron chi connectivity index (χ4n) is 5.95. The fraction of sp³-hybridized carbons (Fsp3) is 0.308. The van der Waals surface area contributed by atoms with E-state index in [0.717, 1.165) is 23.3 Å². The van der Waals surface area contributed by atoms with Gasteiger partial charge in [0.15, 0.2) is 0 Å². The molecule has 0 aromatic heterocycles. The Balaban J connectivity index is 1.95. The van der Waals surface area contributed by atoms with E-state index < -0.39 is 34.9 Å². The summed E-state index contributed by atoms with van der Waals surface area (Å²) in [5.41, 5.74) is 7.70. The number of fused-ring (bicyclic) bond motifs is 1. The molecule has 0 amide bonds. The zero-order valence-corrected chi connectivity index (χ0v) is 22.9. The van der Waals surface area contributed by atoms with Crippen LogP contribution < -0.4 is 0 Å². The third kappa shape index (κ3) is 3.35. The molecule has 5 heteroatoms. The van der Waals surface area contributed by atoms with Gasteiger partial charge in [0.05, 0.1) is 0 Å². The molecule has 0 N–H and O–H groups in total. The molecule has 2 unspecified atom stereocenters. The molecule has 0 heterocycles. The summed E-state index contributed by atoms with van der Waals surface area (Å²) in [7, 11) is 0. The van der Waals surface area contributed by atoms with Crippen molar-refractivity contribution in [2.75, 3.05) is 0 Å². The molecular weight excluding hydrogens is 489 g/mol. The number of halogens is 3. The van der Waals surface area contributed by atoms with Gasteiger partial charge in [0, 0.05) is 0 Å². The van der Waals surface area contributed by atoms with E-state index in [1.165, 1.54) is 22.3 Å². The summed E-state index contributed by atoms with van der Waals surface area (Å²) < 4.78 is 48.6. The van der Waals surface area contributed by atoms with Crippen LogP contribution in [0.3, 0.4) is 0 Å². The van der Waals surface area contributed by atoms with Crippen molar-refractivity contribution < 1.29 is 30.6 Å². The van der Waals surface area contributed by atoms with Crippen molar-refractivity contribution in [1.29, 1.82) is 0 Å². The Labute approximate surface area is 185 Å². The van der Waals surface area contributed by atoms with Crippen molar-refractivity contribution in [1.82, 2.24) is 0 Å². The second-order valence-corrected chi connectivity index (χ2v) is 39.8. The van der Waals surface area contributed by atoms with Gasteiger partial charge in [-0.1, -0.05) is 0 Å². The first-order chi connectivity index (χ1) is 14.3. The molecule has 0 aliphatic heterocycles. The normalized spacial score (nSPS) is 21.7. The molecule has 0 saturated carbocycles. The number of rotatable bonds is 3. The Bertz CT molecular complexity index is 1270. The monoisotopic (exact) mass is 516 g/mol. The van der Waals surface area contributed by atoms with Crippen molar-refractivity contribution >= 4 is 12.5 Å². The van der Waals surface area contributed by atoms with Crippen molar-refractivity contribution in [3.05, 3.63) is 96.6 Å². The van der Waals surface area contributed by atoms with E-state index in [1.54, 1.807) is 3.28 Å². The van der Waals surface area contributed by atoms with Gasteiger partial charge >= 0.3 is 186 Å². The molecule has 4 rings (SSSR count). The van der Waals surface area contributed by atoms with Gasteiger partial charge in [0.25, 0.3) is 0 Å². The van der Waals surface area contributed by atoms with E-state index in [4.69, 9.17) is 0 Å². The molecule has 2 aromatic rings. The molecular formula is C26H29F3SiZr. The van der Waals surface area contributed by atoms with E-state index >= 15 is 0 Å². The Morgan fingerprint density at radius 2 is 1.48 bits per heavy atom. The molecule has 0 fully saturated rings. The Kier molecular flexibility index (Phi) is 5.34. The van der Waals surface area contributed by atoms with Gasteiger partial charge in [0.1, 0.15) is 0 Å². The molecule has 0 radical (unpaired) electrons. The van der Waals surface area contributed by atoms with E-state index in [-0.39, 0.29) is 3.63 Å². The molecule has 0 saturated heterocycles. The van der Waals surface area contributed by atoms with Crippen LogP contribution in [0.4, 0.5) is 13.2 Å². The van der Waals surface area contributed by atoms with E-state index in [9.17, 15) is 13.2 Å². The molecule has 2 atom stereocenters. The Morgan fingerprint density at radius 1 is 0.903 bits per heavy atom. The predicted octanol–water partition coefficient (Wildman–Crippen LogP) is 7.18. The van der Waals surface area contributed by atoms with Crippen molar-refractivity contribution in [3.63, 3.8) is 0 Å². The maximum absolute atomic E-state index is 14.1. The molecule has 2 aliphatic rings. The third-order valence-corrected chi connectivity index (χ3v) is 25.0. The van der Waals surface area contributed by atoms with Gasteiger partial charge in [0.2, 0.25) is 0 Å². The maximum atomic E-state index is 14.1. The number of hydrogen-bond donors (Lipinski definition) is 0. The van der Waals surface area contributed by atoms with Crippen LogP contribution in [0.15, 0.2) is 62.5 Å². The first-order valence-electron chi connectivity index (χ1n) is 10.8. The minimum absolute atomic E-state index is 0.216. The first-order valence-corrected chi connectivity index (χ1v) is 24.2. The molecule has 0 bridgehead atoms. The van der Waals surface area contributed by atoms with Crippen LogP contribution in [0.5, 0.6) is 0 Å². The number of allylic oxidation sites excluding steroid dienone is 5. The average molecular weight is 518 g/mol. The topological polar surface area (TPSA) is 0 Å². The van der Waals surface area contributed by atoms with Crippen LogP contribution in [0.2, 0.25) is 9.26 Å². The standard InChI is InChI=1S/C15H8F3.C9H13.2CH3.H2Si.Zr/c16-13-7-10(8-14(17)15(13)18)12-6-5-9-3-1-2-4-11(9)12;1-6-5-7(2)9(4)8(6)3;;;;/h1-8H;6H,1-4H3;2*1H3;1H2;. The minimum atomic E-state index is -3.60. The SMILES string of the molecule is CC1=C(C)C(C)[C]([Zr]([CH3])([CH3])(=[SiH2])[CH]2C=C(c3cc(F)c(F)c(F)c3)c3ccccc32)=C1C. The van der Waals surface area contributed by atoms with Crippen LogP contribution in [0, 0.1) is 23.4 Å². The van der Waals surface area contributed by atoms with Crippen molar-refractivity contribution in [3.8, 4) is 0 Å². The summed E-state index contributed by atoms with van der Waals surface area (Å²) in [6, 6.07) is 10.4. The summed E-state index contributed by atoms with van der Waals surface area (Å²) >= 11 is -3.60. The summed E-state index contributed by atoms with van der Waals surface area (Å²) in [6.07, 6.45) is 2.21. The van der Waals surface area contributed by atoms with Gasteiger partial charge in [-0.2, -0.15) is 0 Å². The molecule has 2 aromatic carbocycles. The Morgan fingerprint density at radius 3 is 2.03 bits per heavy atom. The second-order valence-electron chi connectivity index (χ2n) is 10.3. The zero-order chi connectivity index (χ0) is 22.9. The quantitative estimate of drug-likeness (QED) is 0.299. The summed E-state index contributed by atoms with van der Waals surface area (Å²) in [4.78, 5) is 0. The third-order valence-electron chi connectivity index (χ3n) is 7.74. The van der Waals surface area contributed by atoms with Crippen LogP contribution in [-0.4, -0.2) is 6.88 Å². The van der Waals surface area contributed by atoms with Crippen LogP contribution in [0.1, 0.15) is 48.0 Å². The fourth-order valence-corrected chi connectivity index (χ4v) is 24.5. The summed E-state index contributed by atoms with van der Waals surface area (Å²) in [5, 5.41) is 0. The van der Waals surface area contributed by atoms with Crippen LogP contribution >= 0.6 is 0 Å². The van der Waals surface area contributed by atoms with Crippen molar-refractivity contribution in [2.24, 2.45) is 5.92 Å².